The molecule has 0 amide bonds. The van der Waals surface area contributed by atoms with Crippen LogP contribution >= 0.6 is 24.0 Å². The number of hydrogen-bond donors (Lipinski definition) is 2. The molecule has 1 unspecified atom stereocenters. The number of nitrogens with zero attached hydrogens (tertiary/aromatic N) is 1. The molecular formula is C20H30IN3O2. The van der Waals surface area contributed by atoms with Crippen molar-refractivity contribution in [3.05, 3.63) is 53.5 Å². The molecule has 0 spiro atoms. The van der Waals surface area contributed by atoms with E-state index in [9.17, 15) is 0 Å². The third-order valence-electron chi connectivity index (χ3n) is 3.60. The molecule has 0 aliphatic carbocycles. The van der Waals surface area contributed by atoms with Crippen molar-refractivity contribution in [2.45, 2.75) is 52.8 Å². The van der Waals surface area contributed by atoms with Crippen molar-refractivity contribution in [1.29, 1.82) is 0 Å². The van der Waals surface area contributed by atoms with Crippen molar-refractivity contribution in [2.24, 2.45) is 4.99 Å². The highest BCUT2D eigenvalue weighted by atomic mass is 127. The lowest BCUT2D eigenvalue weighted by Gasteiger charge is -2.24. The summed E-state index contributed by atoms with van der Waals surface area (Å²) >= 11 is 0. The fourth-order valence-electron chi connectivity index (χ4n) is 2.42. The first kappa shape index (κ1) is 22.3. The van der Waals surface area contributed by atoms with Gasteiger partial charge >= 0.3 is 0 Å². The van der Waals surface area contributed by atoms with Crippen LogP contribution < -0.4 is 15.4 Å². The second-order valence-corrected chi connectivity index (χ2v) is 7.06. The molecule has 0 saturated heterocycles. The molecule has 0 aliphatic heterocycles. The standard InChI is InChI=1S/C20H29N3O2.HI/c1-14-11-12-17(24-14)15(2)23-19(21-6)22-13-16-9-7-8-10-18(16)25-20(3,4)5;/h7-12,15H,13H2,1-6H3,(H2,21,22,23);1H. The topological polar surface area (TPSA) is 58.8 Å². The maximum atomic E-state index is 6.04. The van der Waals surface area contributed by atoms with Gasteiger partial charge in [-0.2, -0.15) is 0 Å². The Hall–Kier alpha value is -1.70. The van der Waals surface area contributed by atoms with Gasteiger partial charge < -0.3 is 19.8 Å². The van der Waals surface area contributed by atoms with Gasteiger partial charge in [-0.15, -0.1) is 24.0 Å². The number of benzene rings is 1. The number of guanidine groups is 1. The summed E-state index contributed by atoms with van der Waals surface area (Å²) in [6.45, 7) is 10.7. The molecule has 5 nitrogen and oxygen atoms in total. The van der Waals surface area contributed by atoms with E-state index in [1.807, 2.05) is 65.0 Å². The van der Waals surface area contributed by atoms with Crippen LogP contribution in [0.2, 0.25) is 0 Å². The molecule has 26 heavy (non-hydrogen) atoms. The van der Waals surface area contributed by atoms with Gasteiger partial charge in [0.2, 0.25) is 0 Å². The second kappa shape index (κ2) is 9.85. The number of aryl methyl sites for hydroxylation is 1. The van der Waals surface area contributed by atoms with Gasteiger partial charge in [0.15, 0.2) is 5.96 Å². The van der Waals surface area contributed by atoms with Gasteiger partial charge in [0, 0.05) is 19.2 Å². The number of ether oxygens (including phenoxy) is 1. The Bertz CT molecular complexity index is 720. The average molecular weight is 471 g/mol. The third kappa shape index (κ3) is 6.90. The summed E-state index contributed by atoms with van der Waals surface area (Å²) in [6, 6.07) is 12.0. The molecule has 0 aliphatic rings. The van der Waals surface area contributed by atoms with E-state index in [0.29, 0.717) is 12.5 Å². The number of aliphatic imine (C=N–C) groups is 1. The van der Waals surface area contributed by atoms with Crippen LogP contribution in [0.4, 0.5) is 0 Å². The van der Waals surface area contributed by atoms with Crippen LogP contribution in [0.15, 0.2) is 45.8 Å². The Kier molecular flexibility index (Phi) is 8.46. The Morgan fingerprint density at radius 2 is 1.88 bits per heavy atom. The molecule has 2 N–H and O–H groups in total. The Balaban J connectivity index is 0.00000338. The number of rotatable bonds is 5. The summed E-state index contributed by atoms with van der Waals surface area (Å²) in [5.41, 5.74) is 0.851. The highest BCUT2D eigenvalue weighted by molar-refractivity contribution is 14.0. The molecule has 0 radical (unpaired) electrons. The average Bonchev–Trinajstić information content (AvgIpc) is 2.97. The molecule has 0 fully saturated rings. The highest BCUT2D eigenvalue weighted by Crippen LogP contribution is 2.23. The zero-order valence-corrected chi connectivity index (χ0v) is 18.8. The van der Waals surface area contributed by atoms with E-state index in [1.54, 1.807) is 7.05 Å². The Morgan fingerprint density at radius 1 is 1.19 bits per heavy atom. The van der Waals surface area contributed by atoms with E-state index in [0.717, 1.165) is 22.8 Å². The largest absolute Gasteiger partial charge is 0.488 e. The highest BCUT2D eigenvalue weighted by Gasteiger charge is 2.15. The first-order chi connectivity index (χ1) is 11.8. The third-order valence-corrected chi connectivity index (χ3v) is 3.60. The van der Waals surface area contributed by atoms with E-state index in [-0.39, 0.29) is 35.6 Å². The quantitative estimate of drug-likeness (QED) is 0.374. The molecule has 2 rings (SSSR count). The first-order valence-corrected chi connectivity index (χ1v) is 8.59. The number of halogens is 1. The van der Waals surface area contributed by atoms with Crippen LogP contribution in [0.25, 0.3) is 0 Å². The molecule has 1 aromatic carbocycles. The summed E-state index contributed by atoms with van der Waals surface area (Å²) in [5, 5.41) is 6.68. The van der Waals surface area contributed by atoms with Crippen LogP contribution in [0, 0.1) is 6.92 Å². The monoisotopic (exact) mass is 471 g/mol. The first-order valence-electron chi connectivity index (χ1n) is 8.59. The summed E-state index contributed by atoms with van der Waals surface area (Å²) in [6.07, 6.45) is 0. The number of para-hydroxylation sites is 1. The molecule has 0 bridgehead atoms. The Labute approximate surface area is 173 Å². The minimum atomic E-state index is -0.234. The normalized spacial score (nSPS) is 12.9. The second-order valence-electron chi connectivity index (χ2n) is 7.06. The summed E-state index contributed by atoms with van der Waals surface area (Å²) < 4.78 is 11.7. The van der Waals surface area contributed by atoms with Gasteiger partial charge in [-0.1, -0.05) is 18.2 Å². The lowest BCUT2D eigenvalue weighted by molar-refractivity contribution is 0.129. The van der Waals surface area contributed by atoms with E-state index >= 15 is 0 Å². The summed E-state index contributed by atoms with van der Waals surface area (Å²) in [4.78, 5) is 4.29. The van der Waals surface area contributed by atoms with Crippen LogP contribution in [0.5, 0.6) is 5.75 Å². The SMILES string of the molecule is CN=C(NCc1ccccc1OC(C)(C)C)NC(C)c1ccc(C)o1.I. The van der Waals surface area contributed by atoms with E-state index in [2.05, 4.69) is 21.7 Å². The lowest BCUT2D eigenvalue weighted by atomic mass is 10.1. The minimum Gasteiger partial charge on any atom is -0.488 e. The fraction of sp³-hybridized carbons (Fsp3) is 0.450. The van der Waals surface area contributed by atoms with Gasteiger partial charge in [0.05, 0.1) is 6.04 Å². The zero-order valence-electron chi connectivity index (χ0n) is 16.4. The molecule has 144 valence electrons. The van der Waals surface area contributed by atoms with Crippen LogP contribution in [0.1, 0.15) is 50.8 Å². The maximum absolute atomic E-state index is 6.04. The molecule has 1 atom stereocenters. The lowest BCUT2D eigenvalue weighted by Crippen LogP contribution is -2.38. The van der Waals surface area contributed by atoms with E-state index in [4.69, 9.17) is 9.15 Å². The molecule has 0 saturated carbocycles. The molecule has 6 heteroatoms. The summed E-state index contributed by atoms with van der Waals surface area (Å²) in [7, 11) is 1.76. The molecule has 2 aromatic rings. The van der Waals surface area contributed by atoms with Gasteiger partial charge in [-0.05, 0) is 52.8 Å². The van der Waals surface area contributed by atoms with Crippen molar-refractivity contribution >= 4 is 29.9 Å². The number of furan rings is 1. The minimum absolute atomic E-state index is 0. The van der Waals surface area contributed by atoms with Crippen LogP contribution in [-0.2, 0) is 6.54 Å². The zero-order chi connectivity index (χ0) is 18.4. The van der Waals surface area contributed by atoms with Gasteiger partial charge in [-0.25, -0.2) is 0 Å². The van der Waals surface area contributed by atoms with E-state index in [1.165, 1.54) is 0 Å². The van der Waals surface area contributed by atoms with Gasteiger partial charge in [0.1, 0.15) is 22.9 Å². The molecule has 1 aromatic heterocycles. The van der Waals surface area contributed by atoms with Crippen molar-refractivity contribution in [3.8, 4) is 5.75 Å². The van der Waals surface area contributed by atoms with Gasteiger partial charge in [-0.3, -0.25) is 4.99 Å². The number of hydrogen-bond acceptors (Lipinski definition) is 3. The predicted octanol–water partition coefficient (Wildman–Crippen LogP) is 4.81. The fourth-order valence-corrected chi connectivity index (χ4v) is 2.42. The van der Waals surface area contributed by atoms with E-state index < -0.39 is 0 Å². The smallest absolute Gasteiger partial charge is 0.191 e. The summed E-state index contributed by atoms with van der Waals surface area (Å²) in [5.74, 6) is 3.39. The Morgan fingerprint density at radius 3 is 2.46 bits per heavy atom. The van der Waals surface area contributed by atoms with Gasteiger partial charge in [0.25, 0.3) is 0 Å². The van der Waals surface area contributed by atoms with Crippen molar-refractivity contribution in [2.75, 3.05) is 7.05 Å². The molecule has 1 heterocycles. The van der Waals surface area contributed by atoms with Crippen molar-refractivity contribution < 1.29 is 9.15 Å². The maximum Gasteiger partial charge on any atom is 0.191 e. The van der Waals surface area contributed by atoms with Crippen LogP contribution in [0.3, 0.4) is 0 Å². The van der Waals surface area contributed by atoms with Crippen molar-refractivity contribution in [1.82, 2.24) is 10.6 Å². The van der Waals surface area contributed by atoms with Crippen LogP contribution in [-0.4, -0.2) is 18.6 Å². The number of nitrogens with one attached hydrogen (secondary N) is 2. The molecular weight excluding hydrogens is 441 g/mol. The predicted molar refractivity (Wildman–Crippen MR) is 117 cm³/mol. The van der Waals surface area contributed by atoms with Crippen molar-refractivity contribution in [3.63, 3.8) is 0 Å².